The van der Waals surface area contributed by atoms with Crippen LogP contribution >= 0.6 is 0 Å². The van der Waals surface area contributed by atoms with Gasteiger partial charge >= 0.3 is 0 Å². The molecule has 4 nitrogen and oxygen atoms in total. The average molecular weight is 144 g/mol. The maximum absolute atomic E-state index is 2.97. The summed E-state index contributed by atoms with van der Waals surface area (Å²) in [5.41, 5.74) is 5.94. The third kappa shape index (κ3) is 3.12. The molecule has 2 N–H and O–H groups in total. The van der Waals surface area contributed by atoms with E-state index in [0.29, 0.717) is 0 Å². The van der Waals surface area contributed by atoms with Crippen molar-refractivity contribution in [2.45, 2.75) is 6.42 Å². The van der Waals surface area contributed by atoms with E-state index in [2.05, 4.69) is 35.0 Å². The zero-order valence-corrected chi connectivity index (χ0v) is 6.72. The van der Waals surface area contributed by atoms with Gasteiger partial charge in [-0.3, -0.25) is 10.9 Å². The molecule has 0 aromatic carbocycles. The molecule has 10 heavy (non-hydrogen) atoms. The van der Waals surface area contributed by atoms with E-state index in [1.165, 1.54) is 6.42 Å². The van der Waals surface area contributed by atoms with Crippen LogP contribution in [0.2, 0.25) is 0 Å². The van der Waals surface area contributed by atoms with Crippen molar-refractivity contribution in [3.8, 4) is 0 Å². The van der Waals surface area contributed by atoms with Crippen LogP contribution in [0.4, 0.5) is 0 Å². The Morgan fingerprint density at radius 2 is 1.40 bits per heavy atom. The molecule has 2 aliphatic heterocycles. The Hall–Kier alpha value is -0.160. The third-order valence-electron chi connectivity index (χ3n) is 1.64. The smallest absolute Gasteiger partial charge is 0.0781 e. The van der Waals surface area contributed by atoms with Gasteiger partial charge in [-0.1, -0.05) is 0 Å². The Balaban J connectivity index is 0.0000001000. The number of hydrogen-bond donors (Lipinski definition) is 2. The predicted molar refractivity (Wildman–Crippen MR) is 41.0 cm³/mol. The van der Waals surface area contributed by atoms with Gasteiger partial charge in [0.25, 0.3) is 0 Å². The SMILES string of the molecule is C1CNNC1.CN1CN1C. The molecular formula is C6H16N4. The Morgan fingerprint density at radius 1 is 1.00 bits per heavy atom. The maximum Gasteiger partial charge on any atom is 0.0781 e. The molecule has 0 bridgehead atoms. The molecule has 2 unspecified atom stereocenters. The number of nitrogens with zero attached hydrogens (tertiary/aromatic N) is 2. The summed E-state index contributed by atoms with van der Waals surface area (Å²) in [4.78, 5) is 0. The summed E-state index contributed by atoms with van der Waals surface area (Å²) < 4.78 is 0. The van der Waals surface area contributed by atoms with Crippen LogP contribution in [-0.2, 0) is 0 Å². The Morgan fingerprint density at radius 3 is 1.50 bits per heavy atom. The summed E-state index contributed by atoms with van der Waals surface area (Å²) >= 11 is 0. The summed E-state index contributed by atoms with van der Waals surface area (Å²) in [6, 6.07) is 0. The van der Waals surface area contributed by atoms with Gasteiger partial charge in [-0.25, -0.2) is 10.0 Å². The van der Waals surface area contributed by atoms with Gasteiger partial charge in [0.2, 0.25) is 0 Å². The van der Waals surface area contributed by atoms with Crippen LogP contribution in [0.1, 0.15) is 6.42 Å². The van der Waals surface area contributed by atoms with Crippen LogP contribution in [0.3, 0.4) is 0 Å². The highest BCUT2D eigenvalue weighted by atomic mass is 15.8. The Labute approximate surface area is 62.1 Å². The van der Waals surface area contributed by atoms with Gasteiger partial charge < -0.3 is 0 Å². The van der Waals surface area contributed by atoms with Gasteiger partial charge in [0.1, 0.15) is 0 Å². The van der Waals surface area contributed by atoms with Gasteiger partial charge in [0.05, 0.1) is 6.67 Å². The van der Waals surface area contributed by atoms with Gasteiger partial charge in [0, 0.05) is 27.2 Å². The van der Waals surface area contributed by atoms with Crippen molar-refractivity contribution >= 4 is 0 Å². The lowest BCUT2D eigenvalue weighted by Crippen LogP contribution is -2.21. The predicted octanol–water partition coefficient (Wildman–Crippen LogP) is -0.780. The summed E-state index contributed by atoms with van der Waals surface area (Å²) in [7, 11) is 4.11. The molecule has 2 heterocycles. The van der Waals surface area contributed by atoms with Gasteiger partial charge in [-0.15, -0.1) is 0 Å². The highest BCUT2D eigenvalue weighted by Gasteiger charge is 2.18. The number of rotatable bonds is 0. The zero-order valence-electron chi connectivity index (χ0n) is 6.72. The fraction of sp³-hybridized carbons (Fsp3) is 1.00. The van der Waals surface area contributed by atoms with Crippen LogP contribution in [0.25, 0.3) is 0 Å². The second-order valence-electron chi connectivity index (χ2n) is 2.66. The van der Waals surface area contributed by atoms with Crippen molar-refractivity contribution < 1.29 is 0 Å². The van der Waals surface area contributed by atoms with Crippen LogP contribution < -0.4 is 10.9 Å². The molecule has 4 heteroatoms. The van der Waals surface area contributed by atoms with Crippen molar-refractivity contribution in [1.82, 2.24) is 20.9 Å². The molecule has 0 aromatic rings. The van der Waals surface area contributed by atoms with Crippen molar-refractivity contribution in [3.05, 3.63) is 0 Å². The van der Waals surface area contributed by atoms with Gasteiger partial charge in [-0.05, 0) is 6.42 Å². The van der Waals surface area contributed by atoms with E-state index < -0.39 is 0 Å². The summed E-state index contributed by atoms with van der Waals surface area (Å²) in [5, 5.41) is 4.25. The fourth-order valence-electron chi connectivity index (χ4n) is 0.710. The minimum absolute atomic E-state index is 1.14. The molecule has 0 aliphatic carbocycles. The first-order valence-corrected chi connectivity index (χ1v) is 3.68. The molecule has 0 amide bonds. The molecule has 0 aromatic heterocycles. The van der Waals surface area contributed by atoms with Crippen molar-refractivity contribution in [3.63, 3.8) is 0 Å². The highest BCUT2D eigenvalue weighted by molar-refractivity contribution is 4.53. The van der Waals surface area contributed by atoms with Gasteiger partial charge in [0.15, 0.2) is 0 Å². The lowest BCUT2D eigenvalue weighted by atomic mass is 10.5. The fourth-order valence-corrected chi connectivity index (χ4v) is 0.710. The summed E-state index contributed by atoms with van der Waals surface area (Å²) in [6.45, 7) is 3.42. The Bertz CT molecular complexity index is 78.1. The van der Waals surface area contributed by atoms with Crippen LogP contribution in [0.15, 0.2) is 0 Å². The minimum Gasteiger partial charge on any atom is -0.258 e. The average Bonchev–Trinajstić information content (AvgIpc) is 2.40. The molecule has 0 saturated carbocycles. The van der Waals surface area contributed by atoms with E-state index in [4.69, 9.17) is 0 Å². The van der Waals surface area contributed by atoms with Crippen molar-refractivity contribution in [2.24, 2.45) is 0 Å². The topological polar surface area (TPSA) is 30.1 Å². The van der Waals surface area contributed by atoms with Crippen molar-refractivity contribution in [2.75, 3.05) is 33.9 Å². The molecule has 2 aliphatic rings. The normalized spacial score (nSPS) is 36.6. The Kier molecular flexibility index (Phi) is 3.08. The van der Waals surface area contributed by atoms with E-state index in [9.17, 15) is 0 Å². The monoisotopic (exact) mass is 144 g/mol. The van der Waals surface area contributed by atoms with E-state index in [0.717, 1.165) is 19.8 Å². The largest absolute Gasteiger partial charge is 0.258 e. The number of nitrogens with one attached hydrogen (secondary N) is 2. The molecule has 0 spiro atoms. The van der Waals surface area contributed by atoms with Crippen LogP contribution in [-0.4, -0.2) is 43.9 Å². The quantitative estimate of drug-likeness (QED) is 0.437. The number of hydrogen-bond acceptors (Lipinski definition) is 4. The third-order valence-corrected chi connectivity index (χ3v) is 1.64. The summed E-state index contributed by atoms with van der Waals surface area (Å²) in [5.74, 6) is 0. The molecule has 2 rings (SSSR count). The first-order valence-electron chi connectivity index (χ1n) is 3.68. The van der Waals surface area contributed by atoms with E-state index in [1.807, 2.05) is 0 Å². The molecule has 2 fully saturated rings. The molecular weight excluding hydrogens is 128 g/mol. The van der Waals surface area contributed by atoms with Gasteiger partial charge in [-0.2, -0.15) is 0 Å². The van der Waals surface area contributed by atoms with E-state index in [1.54, 1.807) is 0 Å². The first kappa shape index (κ1) is 7.94. The standard InChI is InChI=1S/2C3H8N2/c1-4-3-5(4)2;1-2-4-5-3-1/h3H2,1-2H3;4-5H,1-3H2. The van der Waals surface area contributed by atoms with Crippen LogP contribution in [0.5, 0.6) is 0 Å². The minimum atomic E-state index is 1.14. The van der Waals surface area contributed by atoms with E-state index >= 15 is 0 Å². The van der Waals surface area contributed by atoms with Crippen LogP contribution in [0, 0.1) is 0 Å². The first-order chi connectivity index (χ1) is 4.80. The van der Waals surface area contributed by atoms with E-state index in [-0.39, 0.29) is 0 Å². The molecule has 2 saturated heterocycles. The molecule has 2 atom stereocenters. The second-order valence-corrected chi connectivity index (χ2v) is 2.66. The molecule has 0 radical (unpaired) electrons. The highest BCUT2D eigenvalue weighted by Crippen LogP contribution is 2.03. The lowest BCUT2D eigenvalue weighted by molar-refractivity contribution is 0.412. The lowest BCUT2D eigenvalue weighted by Gasteiger charge is -1.81. The summed E-state index contributed by atoms with van der Waals surface area (Å²) in [6.07, 6.45) is 1.28. The van der Waals surface area contributed by atoms with Crippen molar-refractivity contribution in [1.29, 1.82) is 0 Å². The second kappa shape index (κ2) is 3.88. The maximum atomic E-state index is 2.97. The molecule has 60 valence electrons. The number of hydrazine groups is 2. The zero-order chi connectivity index (χ0) is 7.40.